The number of hydrogen-bond acceptors (Lipinski definition) is 4. The van der Waals surface area contributed by atoms with E-state index in [-0.39, 0.29) is 17.6 Å². The van der Waals surface area contributed by atoms with Crippen LogP contribution in [0.25, 0.3) is 0 Å². The molecule has 6 heteroatoms. The van der Waals surface area contributed by atoms with Gasteiger partial charge in [0.15, 0.2) is 5.78 Å². The Morgan fingerprint density at radius 2 is 1.36 bits per heavy atom. The Hall–Kier alpha value is -3.15. The third-order valence-electron chi connectivity index (χ3n) is 3.71. The second-order valence-corrected chi connectivity index (χ2v) is 5.65. The Morgan fingerprint density at radius 1 is 0.840 bits per heavy atom. The van der Waals surface area contributed by atoms with Gasteiger partial charge in [0, 0.05) is 29.5 Å². The van der Waals surface area contributed by atoms with E-state index in [1.54, 1.807) is 62.5 Å². The Kier molecular flexibility index (Phi) is 5.89. The lowest BCUT2D eigenvalue weighted by molar-refractivity contribution is -0.116. The van der Waals surface area contributed by atoms with Crippen LogP contribution in [-0.4, -0.2) is 30.7 Å². The van der Waals surface area contributed by atoms with Crippen LogP contribution in [0.1, 0.15) is 34.6 Å². The number of ketones is 1. The van der Waals surface area contributed by atoms with Crippen molar-refractivity contribution < 1.29 is 14.4 Å². The van der Waals surface area contributed by atoms with Crippen LogP contribution in [0.3, 0.4) is 0 Å². The van der Waals surface area contributed by atoms with Crippen molar-refractivity contribution in [1.82, 2.24) is 5.32 Å². The zero-order chi connectivity index (χ0) is 18.4. The molecular weight excluding hydrogens is 318 g/mol. The summed E-state index contributed by atoms with van der Waals surface area (Å²) in [5.74, 6) is -0.384. The molecule has 25 heavy (non-hydrogen) atoms. The van der Waals surface area contributed by atoms with Crippen LogP contribution in [0, 0.1) is 0 Å². The lowest BCUT2D eigenvalue weighted by Gasteiger charge is -2.15. The van der Waals surface area contributed by atoms with Gasteiger partial charge in [-0.05, 0) is 62.4 Å². The summed E-state index contributed by atoms with van der Waals surface area (Å²) in [5, 5.41) is 8.42. The molecule has 130 valence electrons. The third kappa shape index (κ3) is 4.91. The first-order valence-corrected chi connectivity index (χ1v) is 7.91. The summed E-state index contributed by atoms with van der Waals surface area (Å²) in [4.78, 5) is 35.0. The molecule has 0 bridgehead atoms. The van der Waals surface area contributed by atoms with Crippen LogP contribution < -0.4 is 16.0 Å². The fourth-order valence-electron chi connectivity index (χ4n) is 2.22. The van der Waals surface area contributed by atoms with Gasteiger partial charge in [0.25, 0.3) is 5.91 Å². The van der Waals surface area contributed by atoms with Crippen molar-refractivity contribution in [1.29, 1.82) is 0 Å². The standard InChI is InChI=1S/C19H21N3O3/c1-12(21-16-10-6-15(7-11-16)19(25)20-3)18(24)22-17-8-4-14(5-9-17)13(2)23/h4-12,21H,1-3H3,(H,20,25)(H,22,24). The summed E-state index contributed by atoms with van der Waals surface area (Å²) in [6, 6.07) is 13.1. The Bertz CT molecular complexity index is 768. The average molecular weight is 339 g/mol. The normalized spacial score (nSPS) is 11.3. The zero-order valence-corrected chi connectivity index (χ0v) is 14.4. The summed E-state index contributed by atoms with van der Waals surface area (Å²) in [6.07, 6.45) is 0. The number of rotatable bonds is 6. The highest BCUT2D eigenvalue weighted by Gasteiger charge is 2.13. The largest absolute Gasteiger partial charge is 0.374 e. The summed E-state index contributed by atoms with van der Waals surface area (Å²) in [6.45, 7) is 3.24. The molecule has 0 saturated heterocycles. The van der Waals surface area contributed by atoms with Crippen molar-refractivity contribution in [3.05, 3.63) is 59.7 Å². The van der Waals surface area contributed by atoms with Crippen LogP contribution in [0.2, 0.25) is 0 Å². The van der Waals surface area contributed by atoms with Crippen molar-refractivity contribution in [2.45, 2.75) is 19.9 Å². The van der Waals surface area contributed by atoms with E-state index in [0.717, 1.165) is 5.69 Å². The molecule has 0 aliphatic rings. The molecule has 1 unspecified atom stereocenters. The topological polar surface area (TPSA) is 87.3 Å². The van der Waals surface area contributed by atoms with E-state index in [0.29, 0.717) is 16.8 Å². The molecule has 6 nitrogen and oxygen atoms in total. The van der Waals surface area contributed by atoms with Crippen molar-refractivity contribution in [3.8, 4) is 0 Å². The first-order chi connectivity index (χ1) is 11.9. The minimum atomic E-state index is -0.474. The van der Waals surface area contributed by atoms with E-state index in [4.69, 9.17) is 0 Å². The number of nitrogens with one attached hydrogen (secondary N) is 3. The first-order valence-electron chi connectivity index (χ1n) is 7.91. The average Bonchev–Trinajstić information content (AvgIpc) is 2.62. The molecule has 0 aliphatic carbocycles. The second-order valence-electron chi connectivity index (χ2n) is 5.65. The molecule has 2 amide bonds. The van der Waals surface area contributed by atoms with Crippen molar-refractivity contribution in [3.63, 3.8) is 0 Å². The van der Waals surface area contributed by atoms with Crippen LogP contribution in [0.5, 0.6) is 0 Å². The molecule has 2 rings (SSSR count). The van der Waals surface area contributed by atoms with Gasteiger partial charge in [-0.2, -0.15) is 0 Å². The molecule has 0 radical (unpaired) electrons. The summed E-state index contributed by atoms with van der Waals surface area (Å²) < 4.78 is 0. The van der Waals surface area contributed by atoms with E-state index in [1.165, 1.54) is 6.92 Å². The Labute approximate surface area is 146 Å². The van der Waals surface area contributed by atoms with Gasteiger partial charge in [0.1, 0.15) is 6.04 Å². The molecule has 2 aromatic rings. The van der Waals surface area contributed by atoms with Crippen molar-refractivity contribution in [2.24, 2.45) is 0 Å². The maximum atomic E-state index is 12.3. The van der Waals surface area contributed by atoms with Gasteiger partial charge in [-0.1, -0.05) is 0 Å². The predicted molar refractivity (Wildman–Crippen MR) is 98.0 cm³/mol. The summed E-state index contributed by atoms with van der Waals surface area (Å²) in [7, 11) is 1.57. The van der Waals surface area contributed by atoms with Crippen molar-refractivity contribution >= 4 is 29.0 Å². The predicted octanol–water partition coefficient (Wildman–Crippen LogP) is 2.69. The number of carbonyl (C=O) groups is 3. The number of benzene rings is 2. The number of carbonyl (C=O) groups excluding carboxylic acids is 3. The minimum absolute atomic E-state index is 0.0203. The van der Waals surface area contributed by atoms with Crippen LogP contribution in [0.15, 0.2) is 48.5 Å². The summed E-state index contributed by atoms with van der Waals surface area (Å²) in [5.41, 5.74) is 2.51. The quantitative estimate of drug-likeness (QED) is 0.706. The van der Waals surface area contributed by atoms with Gasteiger partial charge in [0.05, 0.1) is 0 Å². The molecule has 0 heterocycles. The maximum absolute atomic E-state index is 12.3. The molecule has 2 aromatic carbocycles. The molecule has 0 spiro atoms. The number of anilines is 2. The minimum Gasteiger partial charge on any atom is -0.374 e. The highest BCUT2D eigenvalue weighted by Crippen LogP contribution is 2.13. The van der Waals surface area contributed by atoms with E-state index < -0.39 is 6.04 Å². The fourth-order valence-corrected chi connectivity index (χ4v) is 2.22. The van der Waals surface area contributed by atoms with Crippen LogP contribution in [0.4, 0.5) is 11.4 Å². The molecule has 0 aromatic heterocycles. The number of amides is 2. The number of Topliss-reactive ketones (excluding diaryl/α,β-unsaturated/α-hetero) is 1. The maximum Gasteiger partial charge on any atom is 0.251 e. The third-order valence-corrected chi connectivity index (χ3v) is 3.71. The lowest BCUT2D eigenvalue weighted by atomic mass is 10.1. The fraction of sp³-hybridized carbons (Fsp3) is 0.211. The highest BCUT2D eigenvalue weighted by molar-refractivity contribution is 5.98. The molecule has 0 fully saturated rings. The van der Waals surface area contributed by atoms with Crippen molar-refractivity contribution in [2.75, 3.05) is 17.7 Å². The monoisotopic (exact) mass is 339 g/mol. The van der Waals surface area contributed by atoms with E-state index >= 15 is 0 Å². The van der Waals surface area contributed by atoms with Gasteiger partial charge in [0.2, 0.25) is 5.91 Å². The van der Waals surface area contributed by atoms with Crippen LogP contribution >= 0.6 is 0 Å². The van der Waals surface area contributed by atoms with E-state index in [2.05, 4.69) is 16.0 Å². The van der Waals surface area contributed by atoms with Gasteiger partial charge >= 0.3 is 0 Å². The molecule has 0 aliphatic heterocycles. The molecule has 1 atom stereocenters. The highest BCUT2D eigenvalue weighted by atomic mass is 16.2. The van der Waals surface area contributed by atoms with Gasteiger partial charge in [-0.3, -0.25) is 14.4 Å². The van der Waals surface area contributed by atoms with Crippen LogP contribution in [-0.2, 0) is 4.79 Å². The van der Waals surface area contributed by atoms with E-state index in [9.17, 15) is 14.4 Å². The Morgan fingerprint density at radius 3 is 1.88 bits per heavy atom. The lowest BCUT2D eigenvalue weighted by Crippen LogP contribution is -2.31. The Balaban J connectivity index is 1.95. The molecule has 0 saturated carbocycles. The first kappa shape index (κ1) is 18.2. The molecule has 3 N–H and O–H groups in total. The number of hydrogen-bond donors (Lipinski definition) is 3. The molecular formula is C19H21N3O3. The zero-order valence-electron chi connectivity index (χ0n) is 14.4. The van der Waals surface area contributed by atoms with Gasteiger partial charge in [-0.25, -0.2) is 0 Å². The van der Waals surface area contributed by atoms with E-state index in [1.807, 2.05) is 0 Å². The second kappa shape index (κ2) is 8.10. The van der Waals surface area contributed by atoms with Gasteiger partial charge in [-0.15, -0.1) is 0 Å². The SMILES string of the molecule is CNC(=O)c1ccc(NC(C)C(=O)Nc2ccc(C(C)=O)cc2)cc1. The smallest absolute Gasteiger partial charge is 0.251 e. The van der Waals surface area contributed by atoms with Gasteiger partial charge < -0.3 is 16.0 Å². The summed E-state index contributed by atoms with van der Waals surface area (Å²) >= 11 is 0.